The van der Waals surface area contributed by atoms with Crippen LogP contribution in [0.3, 0.4) is 0 Å². The summed E-state index contributed by atoms with van der Waals surface area (Å²) in [6.07, 6.45) is 0. The molecule has 122 valence electrons. The molecule has 3 rings (SSSR count). The molecule has 0 fully saturated rings. The van der Waals surface area contributed by atoms with Crippen molar-refractivity contribution in [3.05, 3.63) is 59.9 Å². The second-order valence-electron chi connectivity index (χ2n) is 5.15. The Bertz CT molecular complexity index is 863. The molecule has 0 amide bonds. The predicted molar refractivity (Wildman–Crippen MR) is 89.4 cm³/mol. The molecular formula is C18H18N3O3+. The monoisotopic (exact) mass is 324 g/mol. The third-order valence-electron chi connectivity index (χ3n) is 3.47. The van der Waals surface area contributed by atoms with Gasteiger partial charge in [-0.3, -0.25) is 0 Å². The lowest BCUT2D eigenvalue weighted by atomic mass is 10.2. The van der Waals surface area contributed by atoms with E-state index in [4.69, 9.17) is 15.2 Å². The van der Waals surface area contributed by atoms with Gasteiger partial charge in [-0.15, -0.1) is 4.98 Å². The number of nitrogens with one attached hydrogen (secondary N) is 1. The highest BCUT2D eigenvalue weighted by atomic mass is 16.5. The van der Waals surface area contributed by atoms with Gasteiger partial charge in [-0.25, -0.2) is 9.78 Å². The molecule has 0 radical (unpaired) electrons. The molecule has 0 unspecified atom stereocenters. The largest absolute Gasteiger partial charge is 0.494 e. The van der Waals surface area contributed by atoms with E-state index >= 15 is 0 Å². The van der Waals surface area contributed by atoms with Crippen molar-refractivity contribution in [1.82, 2.24) is 4.98 Å². The zero-order valence-corrected chi connectivity index (χ0v) is 13.3. The van der Waals surface area contributed by atoms with Crippen LogP contribution in [0.4, 0.5) is 5.82 Å². The van der Waals surface area contributed by atoms with Crippen LogP contribution in [0.5, 0.6) is 5.75 Å². The molecule has 0 aliphatic carbocycles. The maximum absolute atomic E-state index is 12.1. The normalized spacial score (nSPS) is 10.5. The standard InChI is InChI=1S/C18H17N3O3/c1-2-23-13-9-7-12(8-10-13)18(22)24-11-16-20-15-6-4-3-5-14(15)17(19)21-16/h3-10H,2,11H2,1H3,(H2,19,20,21)/p+1. The number of H-pyrrole nitrogens is 1. The fraction of sp³-hybridized carbons (Fsp3) is 0.167. The molecule has 6 heteroatoms. The molecule has 3 aromatic rings. The number of nitrogens with two attached hydrogens (primary N) is 1. The summed E-state index contributed by atoms with van der Waals surface area (Å²) < 4.78 is 10.6. The Balaban J connectivity index is 1.69. The Morgan fingerprint density at radius 3 is 2.67 bits per heavy atom. The summed E-state index contributed by atoms with van der Waals surface area (Å²) in [5, 5.41) is 0.832. The van der Waals surface area contributed by atoms with Crippen LogP contribution in [-0.2, 0) is 11.3 Å². The van der Waals surface area contributed by atoms with Crippen molar-refractivity contribution in [2.75, 3.05) is 12.3 Å². The van der Waals surface area contributed by atoms with E-state index in [2.05, 4.69) is 9.97 Å². The highest BCUT2D eigenvalue weighted by Gasteiger charge is 2.14. The number of hydrogen-bond acceptors (Lipinski definition) is 5. The second-order valence-corrected chi connectivity index (χ2v) is 5.15. The minimum absolute atomic E-state index is 0.0150. The molecule has 0 aliphatic heterocycles. The number of rotatable bonds is 5. The van der Waals surface area contributed by atoms with E-state index in [9.17, 15) is 4.79 Å². The van der Waals surface area contributed by atoms with Gasteiger partial charge in [0.2, 0.25) is 5.82 Å². The molecule has 0 saturated carbocycles. The number of ether oxygens (including phenoxy) is 2. The van der Waals surface area contributed by atoms with Crippen LogP contribution >= 0.6 is 0 Å². The molecule has 1 heterocycles. The third-order valence-corrected chi connectivity index (χ3v) is 3.47. The molecule has 0 bridgehead atoms. The fourth-order valence-corrected chi connectivity index (χ4v) is 2.33. The van der Waals surface area contributed by atoms with E-state index in [1.54, 1.807) is 24.3 Å². The highest BCUT2D eigenvalue weighted by Crippen LogP contribution is 2.15. The van der Waals surface area contributed by atoms with Gasteiger partial charge in [-0.1, -0.05) is 12.1 Å². The van der Waals surface area contributed by atoms with Crippen molar-refractivity contribution in [3.8, 4) is 5.75 Å². The first-order valence-corrected chi connectivity index (χ1v) is 7.63. The summed E-state index contributed by atoms with van der Waals surface area (Å²) in [6.45, 7) is 2.50. The van der Waals surface area contributed by atoms with Crippen molar-refractivity contribution in [2.45, 2.75) is 13.5 Å². The second kappa shape index (κ2) is 6.95. The number of hydrogen-bond donors (Lipinski definition) is 1. The van der Waals surface area contributed by atoms with Crippen molar-refractivity contribution in [1.29, 1.82) is 0 Å². The lowest BCUT2D eigenvalue weighted by Gasteiger charge is -2.05. The molecule has 0 spiro atoms. The van der Waals surface area contributed by atoms with Gasteiger partial charge in [0.15, 0.2) is 12.1 Å². The van der Waals surface area contributed by atoms with Crippen molar-refractivity contribution in [3.63, 3.8) is 0 Å². The number of carbonyl (C=O) groups is 1. The van der Waals surface area contributed by atoms with Gasteiger partial charge in [0, 0.05) is 0 Å². The van der Waals surface area contributed by atoms with Gasteiger partial charge in [0.25, 0.3) is 5.82 Å². The van der Waals surface area contributed by atoms with Gasteiger partial charge in [0.05, 0.1) is 17.6 Å². The molecule has 6 nitrogen and oxygen atoms in total. The first kappa shape index (κ1) is 15.7. The number of anilines is 1. The lowest BCUT2D eigenvalue weighted by Crippen LogP contribution is -2.21. The summed E-state index contributed by atoms with van der Waals surface area (Å²) >= 11 is 0. The molecule has 24 heavy (non-hydrogen) atoms. The van der Waals surface area contributed by atoms with E-state index in [0.29, 0.717) is 29.6 Å². The maximum Gasteiger partial charge on any atom is 0.338 e. The number of aromatic amines is 1. The molecule has 0 aliphatic rings. The first-order valence-electron chi connectivity index (χ1n) is 7.63. The molecule has 0 atom stereocenters. The molecule has 2 aromatic carbocycles. The summed E-state index contributed by atoms with van der Waals surface area (Å²) in [7, 11) is 0. The van der Waals surface area contributed by atoms with Gasteiger partial charge in [0.1, 0.15) is 5.75 Å². The Kier molecular flexibility index (Phi) is 4.56. The van der Waals surface area contributed by atoms with Gasteiger partial charge >= 0.3 is 5.97 Å². The molecular weight excluding hydrogens is 306 g/mol. The van der Waals surface area contributed by atoms with Crippen LogP contribution < -0.4 is 15.5 Å². The molecule has 0 saturated heterocycles. The Morgan fingerprint density at radius 1 is 1.17 bits per heavy atom. The van der Waals surface area contributed by atoms with Crippen LogP contribution in [0.15, 0.2) is 48.5 Å². The molecule has 3 N–H and O–H groups in total. The zero-order chi connectivity index (χ0) is 16.9. The number of nitrogens with zero attached hydrogens (tertiary/aromatic N) is 1. The summed E-state index contributed by atoms with van der Waals surface area (Å²) in [5.74, 6) is 1.27. The lowest BCUT2D eigenvalue weighted by molar-refractivity contribution is -0.381. The number of aromatic nitrogens is 2. The van der Waals surface area contributed by atoms with Crippen molar-refractivity contribution < 1.29 is 19.3 Å². The van der Waals surface area contributed by atoms with Gasteiger partial charge in [-0.2, -0.15) is 0 Å². The van der Waals surface area contributed by atoms with Crippen molar-refractivity contribution in [2.24, 2.45) is 0 Å². The van der Waals surface area contributed by atoms with E-state index in [1.165, 1.54) is 0 Å². The highest BCUT2D eigenvalue weighted by molar-refractivity contribution is 5.89. The number of benzene rings is 2. The Morgan fingerprint density at radius 2 is 1.92 bits per heavy atom. The van der Waals surface area contributed by atoms with Crippen LogP contribution in [0, 0.1) is 0 Å². The number of fused-ring (bicyclic) bond motifs is 1. The van der Waals surface area contributed by atoms with Gasteiger partial charge in [-0.05, 0) is 43.3 Å². The van der Waals surface area contributed by atoms with E-state index in [0.717, 1.165) is 10.9 Å². The number of nitrogen functional groups attached to an aromatic ring is 1. The SMILES string of the molecule is CCOc1ccc(C(=O)OCc2nc3ccccc3c(N)[nH+]2)cc1. The number of esters is 1. The van der Waals surface area contributed by atoms with Crippen LogP contribution in [0.1, 0.15) is 23.1 Å². The summed E-state index contributed by atoms with van der Waals surface area (Å²) in [6, 6.07) is 14.3. The van der Waals surface area contributed by atoms with Crippen LogP contribution in [0.25, 0.3) is 10.9 Å². The summed E-state index contributed by atoms with van der Waals surface area (Å²) in [5.41, 5.74) is 7.17. The van der Waals surface area contributed by atoms with Crippen LogP contribution in [0.2, 0.25) is 0 Å². The third kappa shape index (κ3) is 3.43. The maximum atomic E-state index is 12.1. The number of carbonyl (C=O) groups excluding carboxylic acids is 1. The minimum atomic E-state index is -0.431. The van der Waals surface area contributed by atoms with E-state index in [-0.39, 0.29) is 6.61 Å². The fourth-order valence-electron chi connectivity index (χ4n) is 2.33. The van der Waals surface area contributed by atoms with E-state index in [1.807, 2.05) is 31.2 Å². The first-order chi connectivity index (χ1) is 11.7. The molecule has 1 aromatic heterocycles. The number of para-hydroxylation sites is 1. The smallest absolute Gasteiger partial charge is 0.338 e. The van der Waals surface area contributed by atoms with Gasteiger partial charge < -0.3 is 15.2 Å². The average Bonchev–Trinajstić information content (AvgIpc) is 2.61. The Hall–Kier alpha value is -3.15. The average molecular weight is 324 g/mol. The van der Waals surface area contributed by atoms with Crippen LogP contribution in [-0.4, -0.2) is 17.6 Å². The minimum Gasteiger partial charge on any atom is -0.494 e. The van der Waals surface area contributed by atoms with E-state index < -0.39 is 5.97 Å². The zero-order valence-electron chi connectivity index (χ0n) is 13.3. The summed E-state index contributed by atoms with van der Waals surface area (Å²) in [4.78, 5) is 19.5. The van der Waals surface area contributed by atoms with Crippen molar-refractivity contribution >= 4 is 22.7 Å². The Labute approximate surface area is 139 Å². The topological polar surface area (TPSA) is 88.6 Å². The quantitative estimate of drug-likeness (QED) is 0.728. The predicted octanol–water partition coefficient (Wildman–Crippen LogP) is 2.39.